The summed E-state index contributed by atoms with van der Waals surface area (Å²) in [6, 6.07) is 8.64. The van der Waals surface area contributed by atoms with E-state index in [1.54, 1.807) is 0 Å². The molecule has 2 aliphatic carbocycles. The molecule has 4 rings (SSSR count). The van der Waals surface area contributed by atoms with Gasteiger partial charge in [0.25, 0.3) is 0 Å². The fraction of sp³-hybridized carbons (Fsp3) is 0.545. The van der Waals surface area contributed by atoms with Gasteiger partial charge in [0.1, 0.15) is 8.22 Å². The molecule has 0 unspecified atom stereocenters. The molecular weight excluding hydrogens is 323 g/mol. The Hall–Kier alpha value is -1.27. The summed E-state index contributed by atoms with van der Waals surface area (Å²) in [6.07, 6.45) is 23.2. The van der Waals surface area contributed by atoms with E-state index in [1.807, 2.05) is 5.57 Å². The van der Waals surface area contributed by atoms with Crippen LogP contribution < -0.4 is 0 Å². The van der Waals surface area contributed by atoms with Gasteiger partial charge >= 0.3 is 0 Å². The molecule has 0 spiro atoms. The van der Waals surface area contributed by atoms with Gasteiger partial charge in [-0.05, 0) is 67.6 Å². The van der Waals surface area contributed by atoms with Gasteiger partial charge in [0.15, 0.2) is 0 Å². The van der Waals surface area contributed by atoms with Crippen LogP contribution in [0, 0.1) is 11.8 Å². The van der Waals surface area contributed by atoms with Gasteiger partial charge in [0.05, 0.1) is 0 Å². The predicted molar refractivity (Wildman–Crippen MR) is 108 cm³/mol. The van der Waals surface area contributed by atoms with Gasteiger partial charge in [-0.3, -0.25) is 0 Å². The molecular formula is C22H31N2P. The maximum absolute atomic E-state index is 2.70. The van der Waals surface area contributed by atoms with E-state index < -0.39 is 8.22 Å². The Morgan fingerprint density at radius 1 is 0.640 bits per heavy atom. The molecule has 0 amide bonds. The maximum atomic E-state index is 2.70. The zero-order chi connectivity index (χ0) is 16.9. The molecule has 2 fully saturated rings. The minimum absolute atomic E-state index is 0.494. The van der Waals surface area contributed by atoms with Crippen LogP contribution in [0.3, 0.4) is 0 Å². The quantitative estimate of drug-likeness (QED) is 0.509. The number of allylic oxidation sites excluding steroid dienone is 1. The van der Waals surface area contributed by atoms with Gasteiger partial charge in [-0.25, -0.2) is 0 Å². The lowest BCUT2D eigenvalue weighted by Gasteiger charge is -2.33. The number of aromatic nitrogens is 2. The summed E-state index contributed by atoms with van der Waals surface area (Å²) in [5.74, 6) is 4.38. The SMILES string of the molecule is C(=C(C1CCCCC1)C1CCCCC1)P(n1cccc1)n1cccc1. The number of nitrogens with zero attached hydrogens (tertiary/aromatic N) is 2. The Morgan fingerprint density at radius 2 is 1.04 bits per heavy atom. The lowest BCUT2D eigenvalue weighted by molar-refractivity contribution is 0.327. The third kappa shape index (κ3) is 4.11. The first-order valence-electron chi connectivity index (χ1n) is 10.2. The van der Waals surface area contributed by atoms with Crippen molar-refractivity contribution < 1.29 is 0 Å². The zero-order valence-electron chi connectivity index (χ0n) is 15.3. The van der Waals surface area contributed by atoms with Crippen molar-refractivity contribution in [3.05, 3.63) is 60.4 Å². The predicted octanol–water partition coefficient (Wildman–Crippen LogP) is 7.04. The first-order chi connectivity index (χ1) is 12.4. The van der Waals surface area contributed by atoms with Crippen LogP contribution in [0.1, 0.15) is 64.2 Å². The molecule has 2 aromatic heterocycles. The van der Waals surface area contributed by atoms with Crippen molar-refractivity contribution in [1.82, 2.24) is 8.68 Å². The average Bonchev–Trinajstić information content (AvgIpc) is 3.38. The van der Waals surface area contributed by atoms with Crippen molar-refractivity contribution in [1.29, 1.82) is 0 Å². The fourth-order valence-corrected chi connectivity index (χ4v) is 6.77. The molecule has 2 aromatic rings. The lowest BCUT2D eigenvalue weighted by Crippen LogP contribution is -2.19. The molecule has 2 saturated carbocycles. The van der Waals surface area contributed by atoms with Crippen LogP contribution >= 0.6 is 8.22 Å². The molecule has 2 aliphatic rings. The molecule has 0 atom stereocenters. The van der Waals surface area contributed by atoms with Crippen LogP contribution in [0.2, 0.25) is 0 Å². The summed E-state index contributed by atoms with van der Waals surface area (Å²) in [4.78, 5) is 0. The van der Waals surface area contributed by atoms with Gasteiger partial charge in [-0.1, -0.05) is 44.1 Å². The second kappa shape index (κ2) is 8.41. The van der Waals surface area contributed by atoms with Crippen LogP contribution in [0.4, 0.5) is 0 Å². The van der Waals surface area contributed by atoms with Gasteiger partial charge in [-0.15, -0.1) is 0 Å². The first-order valence-corrected chi connectivity index (χ1v) is 11.5. The minimum atomic E-state index is -0.494. The largest absolute Gasteiger partial charge is 0.313 e. The molecule has 0 aliphatic heterocycles. The highest BCUT2D eigenvalue weighted by molar-refractivity contribution is 7.57. The van der Waals surface area contributed by atoms with Crippen LogP contribution in [0.15, 0.2) is 60.4 Å². The van der Waals surface area contributed by atoms with Crippen molar-refractivity contribution in [2.24, 2.45) is 11.8 Å². The van der Waals surface area contributed by atoms with E-state index in [2.05, 4.69) is 63.5 Å². The van der Waals surface area contributed by atoms with Gasteiger partial charge in [0.2, 0.25) is 0 Å². The van der Waals surface area contributed by atoms with E-state index in [0.717, 1.165) is 11.8 Å². The summed E-state index contributed by atoms with van der Waals surface area (Å²) in [6.45, 7) is 0. The molecule has 0 saturated heterocycles. The molecule has 0 radical (unpaired) electrons. The first kappa shape index (κ1) is 17.2. The third-order valence-corrected chi connectivity index (χ3v) is 8.08. The molecule has 25 heavy (non-hydrogen) atoms. The topological polar surface area (TPSA) is 9.86 Å². The van der Waals surface area contributed by atoms with Crippen molar-refractivity contribution in [3.8, 4) is 0 Å². The van der Waals surface area contributed by atoms with E-state index in [4.69, 9.17) is 0 Å². The standard InChI is InChI=1S/C22H31N2P/c1-3-11-20(12-4-1)22(21-13-5-2-6-14-21)19-25(23-15-7-8-16-23)24-17-9-10-18-24/h7-10,15-21H,1-6,11-14H2. The highest BCUT2D eigenvalue weighted by Crippen LogP contribution is 2.48. The smallest absolute Gasteiger partial charge is 0.128 e. The monoisotopic (exact) mass is 354 g/mol. The van der Waals surface area contributed by atoms with Crippen LogP contribution in [-0.2, 0) is 0 Å². The van der Waals surface area contributed by atoms with Crippen molar-refractivity contribution >= 4 is 8.22 Å². The van der Waals surface area contributed by atoms with Gasteiger partial charge in [-0.2, -0.15) is 0 Å². The van der Waals surface area contributed by atoms with Crippen molar-refractivity contribution in [2.45, 2.75) is 64.2 Å². The fourth-order valence-electron chi connectivity index (χ4n) is 4.73. The van der Waals surface area contributed by atoms with Crippen molar-refractivity contribution in [3.63, 3.8) is 0 Å². The highest BCUT2D eigenvalue weighted by Gasteiger charge is 2.27. The van der Waals surface area contributed by atoms with E-state index in [-0.39, 0.29) is 0 Å². The van der Waals surface area contributed by atoms with Crippen LogP contribution in [-0.4, -0.2) is 8.68 Å². The Labute approximate surface area is 153 Å². The Balaban J connectivity index is 1.69. The molecule has 2 heterocycles. The van der Waals surface area contributed by atoms with E-state index in [0.29, 0.717) is 0 Å². The molecule has 134 valence electrons. The maximum Gasteiger partial charge on any atom is 0.128 e. The second-order valence-electron chi connectivity index (χ2n) is 7.75. The molecule has 3 heteroatoms. The summed E-state index contributed by atoms with van der Waals surface area (Å²) < 4.78 is 4.84. The third-order valence-electron chi connectivity index (χ3n) is 6.07. The van der Waals surface area contributed by atoms with Crippen molar-refractivity contribution in [2.75, 3.05) is 0 Å². The normalized spacial score (nSPS) is 20.0. The molecule has 0 N–H and O–H groups in total. The Kier molecular flexibility index (Phi) is 5.77. The van der Waals surface area contributed by atoms with Crippen LogP contribution in [0.5, 0.6) is 0 Å². The molecule has 2 nitrogen and oxygen atoms in total. The average molecular weight is 354 g/mol. The summed E-state index contributed by atoms with van der Waals surface area (Å²) in [5.41, 5.74) is 1.81. The summed E-state index contributed by atoms with van der Waals surface area (Å²) in [5, 5.41) is 0. The van der Waals surface area contributed by atoms with Crippen LogP contribution in [0.25, 0.3) is 0 Å². The Bertz CT molecular complexity index is 590. The number of hydrogen-bond donors (Lipinski definition) is 0. The highest BCUT2D eigenvalue weighted by atomic mass is 31.1. The van der Waals surface area contributed by atoms with Gasteiger partial charge in [0, 0.05) is 24.8 Å². The lowest BCUT2D eigenvalue weighted by atomic mass is 9.74. The van der Waals surface area contributed by atoms with Gasteiger partial charge < -0.3 is 8.68 Å². The minimum Gasteiger partial charge on any atom is -0.313 e. The second-order valence-corrected chi connectivity index (χ2v) is 9.57. The molecule has 0 bridgehead atoms. The van der Waals surface area contributed by atoms with E-state index in [1.165, 1.54) is 64.2 Å². The zero-order valence-corrected chi connectivity index (χ0v) is 16.2. The molecule has 0 aromatic carbocycles. The van der Waals surface area contributed by atoms with E-state index in [9.17, 15) is 0 Å². The summed E-state index contributed by atoms with van der Waals surface area (Å²) in [7, 11) is -0.494. The van der Waals surface area contributed by atoms with E-state index >= 15 is 0 Å². The Morgan fingerprint density at radius 3 is 1.44 bits per heavy atom. The number of rotatable bonds is 5. The summed E-state index contributed by atoms with van der Waals surface area (Å²) >= 11 is 0. The number of hydrogen-bond acceptors (Lipinski definition) is 0.